The van der Waals surface area contributed by atoms with Gasteiger partial charge in [0.25, 0.3) is 0 Å². The number of fused-ring (bicyclic) bond motifs is 2. The number of amides is 1. The Morgan fingerprint density at radius 2 is 1.63 bits per heavy atom. The van der Waals surface area contributed by atoms with Gasteiger partial charge in [0.2, 0.25) is 0 Å². The molecule has 0 aromatic rings. The fourth-order valence-corrected chi connectivity index (χ4v) is 3.51. The Morgan fingerprint density at radius 3 is 2.11 bits per heavy atom. The molecule has 1 saturated carbocycles. The van der Waals surface area contributed by atoms with Crippen LogP contribution in [0.4, 0.5) is 4.79 Å². The standard InChI is InChI=1S/C15H26N2O2/c1-15(2,3)19-14(18)17-12-6-7-13(17)9-11(8-12)16-10-4-5-10/h10-13,16H,4-9H2,1-3H3/t12-,13-/m0/s1. The monoisotopic (exact) mass is 266 g/mol. The van der Waals surface area contributed by atoms with Crippen LogP contribution in [0.25, 0.3) is 0 Å². The van der Waals surface area contributed by atoms with Crippen LogP contribution in [0.1, 0.15) is 59.3 Å². The van der Waals surface area contributed by atoms with Crippen LogP contribution in [0.15, 0.2) is 0 Å². The highest BCUT2D eigenvalue weighted by atomic mass is 16.6. The first kappa shape index (κ1) is 13.2. The summed E-state index contributed by atoms with van der Waals surface area (Å²) in [5, 5.41) is 3.72. The van der Waals surface area contributed by atoms with Crippen molar-refractivity contribution in [2.24, 2.45) is 0 Å². The van der Waals surface area contributed by atoms with Crippen LogP contribution in [0.5, 0.6) is 0 Å². The Kier molecular flexibility index (Phi) is 3.24. The second kappa shape index (κ2) is 4.65. The molecule has 2 bridgehead atoms. The highest BCUT2D eigenvalue weighted by Gasteiger charge is 2.45. The zero-order chi connectivity index (χ0) is 13.6. The molecule has 0 unspecified atom stereocenters. The number of nitrogens with one attached hydrogen (secondary N) is 1. The van der Waals surface area contributed by atoms with Gasteiger partial charge in [0.1, 0.15) is 5.60 Å². The maximum Gasteiger partial charge on any atom is 0.410 e. The molecule has 4 nitrogen and oxygen atoms in total. The van der Waals surface area contributed by atoms with E-state index in [0.29, 0.717) is 18.1 Å². The lowest BCUT2D eigenvalue weighted by atomic mass is 9.97. The van der Waals surface area contributed by atoms with E-state index in [4.69, 9.17) is 4.74 Å². The SMILES string of the molecule is CC(C)(C)OC(=O)N1[C@H]2CC[C@H]1CC(NC1CC1)C2. The molecule has 0 aromatic carbocycles. The van der Waals surface area contributed by atoms with Crippen molar-refractivity contribution in [2.75, 3.05) is 0 Å². The Bertz CT molecular complexity index is 346. The zero-order valence-corrected chi connectivity index (χ0v) is 12.3. The van der Waals surface area contributed by atoms with Crippen molar-refractivity contribution in [3.8, 4) is 0 Å². The van der Waals surface area contributed by atoms with Gasteiger partial charge in [0, 0.05) is 24.2 Å². The van der Waals surface area contributed by atoms with Gasteiger partial charge in [0.15, 0.2) is 0 Å². The van der Waals surface area contributed by atoms with Crippen molar-refractivity contribution >= 4 is 6.09 Å². The van der Waals surface area contributed by atoms with Crippen molar-refractivity contribution in [3.63, 3.8) is 0 Å². The molecule has 1 aliphatic carbocycles. The molecule has 2 heterocycles. The summed E-state index contributed by atoms with van der Waals surface area (Å²) in [6, 6.07) is 2.16. The average molecular weight is 266 g/mol. The Labute approximate surface area is 115 Å². The van der Waals surface area contributed by atoms with Gasteiger partial charge in [-0.1, -0.05) is 0 Å². The first-order valence-electron chi connectivity index (χ1n) is 7.70. The molecule has 108 valence electrons. The van der Waals surface area contributed by atoms with E-state index in [1.54, 1.807) is 0 Å². The molecule has 1 N–H and O–H groups in total. The van der Waals surface area contributed by atoms with E-state index in [1.165, 1.54) is 12.8 Å². The van der Waals surface area contributed by atoms with Gasteiger partial charge in [-0.15, -0.1) is 0 Å². The number of nitrogens with zero attached hydrogens (tertiary/aromatic N) is 1. The van der Waals surface area contributed by atoms with Crippen LogP contribution in [0, 0.1) is 0 Å². The molecule has 1 amide bonds. The Morgan fingerprint density at radius 1 is 1.05 bits per heavy atom. The summed E-state index contributed by atoms with van der Waals surface area (Å²) in [7, 11) is 0. The molecular weight excluding hydrogens is 240 g/mol. The third-order valence-electron chi connectivity index (χ3n) is 4.39. The van der Waals surface area contributed by atoms with E-state index in [9.17, 15) is 4.79 Å². The summed E-state index contributed by atoms with van der Waals surface area (Å²) in [5.74, 6) is 0. The van der Waals surface area contributed by atoms with Crippen molar-refractivity contribution < 1.29 is 9.53 Å². The van der Waals surface area contributed by atoms with Gasteiger partial charge >= 0.3 is 6.09 Å². The van der Waals surface area contributed by atoms with Gasteiger partial charge in [-0.2, -0.15) is 0 Å². The van der Waals surface area contributed by atoms with Gasteiger partial charge in [-0.05, 0) is 59.3 Å². The molecular formula is C15H26N2O2. The number of rotatable bonds is 2. The Balaban J connectivity index is 1.60. The van der Waals surface area contributed by atoms with Crippen molar-refractivity contribution in [1.29, 1.82) is 0 Å². The lowest BCUT2D eigenvalue weighted by Gasteiger charge is -2.39. The number of hydrogen-bond acceptors (Lipinski definition) is 3. The number of carbonyl (C=O) groups excluding carboxylic acids is 1. The predicted octanol–water partition coefficient (Wildman–Crippen LogP) is 2.67. The van der Waals surface area contributed by atoms with E-state index in [1.807, 2.05) is 25.7 Å². The van der Waals surface area contributed by atoms with Crippen LogP contribution in [0.3, 0.4) is 0 Å². The number of piperidine rings is 1. The molecule has 3 fully saturated rings. The number of hydrogen-bond donors (Lipinski definition) is 1. The highest BCUT2D eigenvalue weighted by Crippen LogP contribution is 2.37. The van der Waals surface area contributed by atoms with E-state index < -0.39 is 0 Å². The second-order valence-corrected chi connectivity index (χ2v) is 7.38. The minimum atomic E-state index is -0.389. The van der Waals surface area contributed by atoms with E-state index in [0.717, 1.165) is 31.7 Å². The molecule has 0 radical (unpaired) electrons. The number of carbonyl (C=O) groups is 1. The van der Waals surface area contributed by atoms with Gasteiger partial charge in [0.05, 0.1) is 0 Å². The molecule has 2 aliphatic heterocycles. The topological polar surface area (TPSA) is 41.6 Å². The molecule has 0 spiro atoms. The summed E-state index contributed by atoms with van der Waals surface area (Å²) < 4.78 is 5.55. The summed E-state index contributed by atoms with van der Waals surface area (Å²) in [4.78, 5) is 14.3. The van der Waals surface area contributed by atoms with Crippen molar-refractivity contribution in [3.05, 3.63) is 0 Å². The van der Waals surface area contributed by atoms with E-state index >= 15 is 0 Å². The predicted molar refractivity (Wildman–Crippen MR) is 74.1 cm³/mol. The van der Waals surface area contributed by atoms with Crippen molar-refractivity contribution in [1.82, 2.24) is 10.2 Å². The number of ether oxygens (including phenoxy) is 1. The zero-order valence-electron chi connectivity index (χ0n) is 12.3. The largest absolute Gasteiger partial charge is 0.444 e. The minimum Gasteiger partial charge on any atom is -0.444 e. The molecule has 3 aliphatic rings. The summed E-state index contributed by atoms with van der Waals surface area (Å²) in [6.07, 6.45) is 7.06. The van der Waals surface area contributed by atoms with Crippen LogP contribution < -0.4 is 5.32 Å². The average Bonchev–Trinajstić information content (AvgIpc) is 3.02. The molecule has 4 heteroatoms. The van der Waals surface area contributed by atoms with Crippen molar-refractivity contribution in [2.45, 2.75) is 89.1 Å². The normalized spacial score (nSPS) is 34.5. The maximum atomic E-state index is 12.3. The first-order valence-corrected chi connectivity index (χ1v) is 7.70. The van der Waals surface area contributed by atoms with Crippen LogP contribution in [-0.4, -0.2) is 40.8 Å². The molecule has 19 heavy (non-hydrogen) atoms. The first-order chi connectivity index (χ1) is 8.92. The quantitative estimate of drug-likeness (QED) is 0.835. The minimum absolute atomic E-state index is 0.107. The molecule has 0 aromatic heterocycles. The fourth-order valence-electron chi connectivity index (χ4n) is 3.51. The second-order valence-electron chi connectivity index (χ2n) is 7.38. The van der Waals surface area contributed by atoms with Crippen LogP contribution >= 0.6 is 0 Å². The summed E-state index contributed by atoms with van der Waals surface area (Å²) in [6.45, 7) is 5.82. The smallest absolute Gasteiger partial charge is 0.410 e. The summed E-state index contributed by atoms with van der Waals surface area (Å²) in [5.41, 5.74) is -0.389. The van der Waals surface area contributed by atoms with Crippen LogP contribution in [0.2, 0.25) is 0 Å². The third kappa shape index (κ3) is 3.04. The maximum absolute atomic E-state index is 12.3. The lowest BCUT2D eigenvalue weighted by molar-refractivity contribution is 0.00468. The fraction of sp³-hybridized carbons (Fsp3) is 0.933. The summed E-state index contributed by atoms with van der Waals surface area (Å²) >= 11 is 0. The van der Waals surface area contributed by atoms with E-state index in [2.05, 4.69) is 5.32 Å². The third-order valence-corrected chi connectivity index (χ3v) is 4.39. The molecule has 3 rings (SSSR count). The molecule has 2 saturated heterocycles. The Hall–Kier alpha value is -0.770. The molecule has 2 atom stereocenters. The van der Waals surface area contributed by atoms with Gasteiger partial charge in [-0.25, -0.2) is 4.79 Å². The lowest BCUT2D eigenvalue weighted by Crippen LogP contribution is -2.52. The highest BCUT2D eigenvalue weighted by molar-refractivity contribution is 5.69. The van der Waals surface area contributed by atoms with Gasteiger partial charge in [-0.3, -0.25) is 0 Å². The van der Waals surface area contributed by atoms with E-state index in [-0.39, 0.29) is 11.7 Å². The van der Waals surface area contributed by atoms with Gasteiger partial charge < -0.3 is 15.0 Å². The van der Waals surface area contributed by atoms with Crippen LogP contribution in [-0.2, 0) is 4.74 Å².